The summed E-state index contributed by atoms with van der Waals surface area (Å²) in [5.74, 6) is 0.114. The second kappa shape index (κ2) is 11.7. The topological polar surface area (TPSA) is 78.4 Å². The van der Waals surface area contributed by atoms with Gasteiger partial charge in [0.05, 0.1) is 11.7 Å². The van der Waals surface area contributed by atoms with Crippen LogP contribution in [0.25, 0.3) is 10.8 Å². The summed E-state index contributed by atoms with van der Waals surface area (Å²) < 4.78 is 0. The monoisotopic (exact) mass is 532 g/mol. The van der Waals surface area contributed by atoms with Gasteiger partial charge in [-0.1, -0.05) is 69.3 Å². The molecule has 5 heteroatoms. The van der Waals surface area contributed by atoms with E-state index in [2.05, 4.69) is 43.6 Å². The number of hydrogen-bond acceptors (Lipinski definition) is 3. The number of carbonyl (C=O) groups excluding carboxylic acids is 2. The molecule has 1 aliphatic carbocycles. The summed E-state index contributed by atoms with van der Waals surface area (Å²) in [6, 6.07) is 11.8. The number of fused-ring (bicyclic) bond motifs is 1. The van der Waals surface area contributed by atoms with Crippen molar-refractivity contribution in [2.75, 3.05) is 0 Å². The van der Waals surface area contributed by atoms with Crippen molar-refractivity contribution in [1.29, 1.82) is 0 Å². The minimum atomic E-state index is -0.652. The Morgan fingerprint density at radius 2 is 1.51 bits per heavy atom. The summed E-state index contributed by atoms with van der Waals surface area (Å²) in [5, 5.41) is 19.3. The molecule has 2 amide bonds. The molecule has 2 atom stereocenters. The van der Waals surface area contributed by atoms with Gasteiger partial charge in [-0.05, 0) is 100 Å². The molecule has 0 saturated carbocycles. The lowest BCUT2D eigenvalue weighted by Gasteiger charge is -2.33. The number of carbonyl (C=O) groups is 2. The first-order chi connectivity index (χ1) is 17.9. The summed E-state index contributed by atoms with van der Waals surface area (Å²) in [7, 11) is 0. The number of allylic oxidation sites excluding steroid dienone is 3. The van der Waals surface area contributed by atoms with E-state index in [1.807, 2.05) is 77.9 Å². The zero-order chi connectivity index (χ0) is 29.2. The van der Waals surface area contributed by atoms with Crippen molar-refractivity contribution >= 4 is 22.6 Å². The average molecular weight is 533 g/mol. The lowest BCUT2D eigenvalue weighted by atomic mass is 9.73. The highest BCUT2D eigenvalue weighted by molar-refractivity contribution is 6.08. The fourth-order valence-corrected chi connectivity index (χ4v) is 5.07. The van der Waals surface area contributed by atoms with Crippen LogP contribution in [0.5, 0.6) is 0 Å². The van der Waals surface area contributed by atoms with Crippen molar-refractivity contribution in [2.45, 2.75) is 105 Å². The standard InChI is InChI=1S/C34H48N2O3/c1-32(2,3)25-18-16-23(28(21-25)30(38)35-33(4,5)6)17-19-26(37)20-24-15-14-22-12-10-11-13-27(22)29(24)31(39)36-34(7,8)9/h10-16,18,25-26,37H,17,19-21H2,1-9H3,(H,35,38)(H,36,39)/t25?,26-/m1/s1. The van der Waals surface area contributed by atoms with Crippen LogP contribution in [0.3, 0.4) is 0 Å². The Labute approximate surface area is 235 Å². The van der Waals surface area contributed by atoms with E-state index in [9.17, 15) is 14.7 Å². The first-order valence-corrected chi connectivity index (χ1v) is 14.2. The number of aliphatic hydroxyl groups is 1. The van der Waals surface area contributed by atoms with Gasteiger partial charge in [0.2, 0.25) is 5.91 Å². The fraction of sp³-hybridized carbons (Fsp3) is 0.529. The molecule has 0 heterocycles. The van der Waals surface area contributed by atoms with Crippen LogP contribution in [0.15, 0.2) is 59.7 Å². The molecule has 1 unspecified atom stereocenters. The van der Waals surface area contributed by atoms with E-state index < -0.39 is 6.10 Å². The zero-order valence-electron chi connectivity index (χ0n) is 25.4. The molecule has 212 valence electrons. The number of hydrogen-bond donors (Lipinski definition) is 3. The predicted octanol–water partition coefficient (Wildman–Crippen LogP) is 6.89. The van der Waals surface area contributed by atoms with Crippen molar-refractivity contribution in [3.8, 4) is 0 Å². The number of nitrogens with one attached hydrogen (secondary N) is 2. The number of amides is 2. The molecule has 1 aliphatic rings. The molecule has 0 radical (unpaired) electrons. The maximum absolute atomic E-state index is 13.4. The third kappa shape index (κ3) is 8.53. The van der Waals surface area contributed by atoms with Gasteiger partial charge in [0.1, 0.15) is 0 Å². The second-order valence-corrected chi connectivity index (χ2v) is 14.2. The third-order valence-electron chi connectivity index (χ3n) is 7.15. The number of rotatable bonds is 7. The third-order valence-corrected chi connectivity index (χ3v) is 7.15. The van der Waals surface area contributed by atoms with Crippen LogP contribution in [-0.4, -0.2) is 34.1 Å². The highest BCUT2D eigenvalue weighted by Gasteiger charge is 2.31. The smallest absolute Gasteiger partial charge is 0.252 e. The van der Waals surface area contributed by atoms with Gasteiger partial charge in [0.15, 0.2) is 0 Å². The van der Waals surface area contributed by atoms with Crippen LogP contribution in [0, 0.1) is 11.3 Å². The average Bonchev–Trinajstić information content (AvgIpc) is 2.79. The lowest BCUT2D eigenvalue weighted by Crippen LogP contribution is -2.42. The Kier molecular flexibility index (Phi) is 9.16. The van der Waals surface area contributed by atoms with E-state index in [1.54, 1.807) is 0 Å². The van der Waals surface area contributed by atoms with Crippen LogP contribution in [0.4, 0.5) is 0 Å². The van der Waals surface area contributed by atoms with E-state index in [4.69, 9.17) is 0 Å². The molecular weight excluding hydrogens is 484 g/mol. The molecule has 2 aromatic carbocycles. The Hall–Kier alpha value is -2.92. The zero-order valence-corrected chi connectivity index (χ0v) is 25.4. The van der Waals surface area contributed by atoms with Crippen LogP contribution >= 0.6 is 0 Å². The van der Waals surface area contributed by atoms with E-state index in [1.165, 1.54) is 0 Å². The molecule has 3 rings (SSSR count). The molecule has 0 aliphatic heterocycles. The van der Waals surface area contributed by atoms with Crippen LogP contribution < -0.4 is 10.6 Å². The molecule has 39 heavy (non-hydrogen) atoms. The Morgan fingerprint density at radius 3 is 2.13 bits per heavy atom. The van der Waals surface area contributed by atoms with Crippen molar-refractivity contribution in [2.24, 2.45) is 11.3 Å². The highest BCUT2D eigenvalue weighted by atomic mass is 16.3. The minimum Gasteiger partial charge on any atom is -0.393 e. The maximum atomic E-state index is 13.4. The first kappa shape index (κ1) is 30.6. The van der Waals surface area contributed by atoms with E-state index in [0.29, 0.717) is 31.2 Å². The van der Waals surface area contributed by atoms with Crippen molar-refractivity contribution < 1.29 is 14.7 Å². The molecule has 0 spiro atoms. The van der Waals surface area contributed by atoms with Crippen LogP contribution in [-0.2, 0) is 11.2 Å². The van der Waals surface area contributed by atoms with E-state index in [0.717, 1.165) is 27.5 Å². The Bertz CT molecular complexity index is 1270. The normalized spacial score (nSPS) is 17.3. The first-order valence-electron chi connectivity index (χ1n) is 14.2. The molecule has 3 N–H and O–H groups in total. The van der Waals surface area contributed by atoms with E-state index in [-0.39, 0.29) is 34.2 Å². The maximum Gasteiger partial charge on any atom is 0.252 e. The summed E-state index contributed by atoms with van der Waals surface area (Å²) in [6.45, 7) is 18.5. The molecule has 5 nitrogen and oxygen atoms in total. The van der Waals surface area contributed by atoms with Gasteiger partial charge in [0.25, 0.3) is 5.91 Å². The van der Waals surface area contributed by atoms with Gasteiger partial charge < -0.3 is 15.7 Å². The van der Waals surface area contributed by atoms with Gasteiger partial charge in [-0.15, -0.1) is 0 Å². The molecule has 0 fully saturated rings. The van der Waals surface area contributed by atoms with Crippen molar-refractivity contribution in [3.63, 3.8) is 0 Å². The number of aliphatic hydroxyl groups excluding tert-OH is 1. The van der Waals surface area contributed by atoms with Gasteiger partial charge in [-0.3, -0.25) is 9.59 Å². The summed E-state index contributed by atoms with van der Waals surface area (Å²) in [6.07, 6.45) is 5.80. The van der Waals surface area contributed by atoms with Crippen molar-refractivity contribution in [1.82, 2.24) is 10.6 Å². The molecule has 0 saturated heterocycles. The summed E-state index contributed by atoms with van der Waals surface area (Å²) >= 11 is 0. The van der Waals surface area contributed by atoms with Crippen molar-refractivity contribution in [3.05, 3.63) is 70.8 Å². The highest BCUT2D eigenvalue weighted by Crippen LogP contribution is 2.38. The van der Waals surface area contributed by atoms with Crippen LogP contribution in [0.1, 0.15) is 97.5 Å². The molecule has 2 aromatic rings. The second-order valence-electron chi connectivity index (χ2n) is 14.2. The molecule has 0 bridgehead atoms. The fourth-order valence-electron chi connectivity index (χ4n) is 5.07. The Morgan fingerprint density at radius 1 is 0.897 bits per heavy atom. The SMILES string of the molecule is CC(C)(C)NC(=O)C1=C(CC[C@@H](O)Cc2ccc3ccccc3c2C(=O)NC(C)(C)C)C=CC(C(C)(C)C)C1. The summed E-state index contributed by atoms with van der Waals surface area (Å²) in [4.78, 5) is 26.7. The van der Waals surface area contributed by atoms with Gasteiger partial charge in [-0.25, -0.2) is 0 Å². The Balaban J connectivity index is 1.84. The molecular formula is C34H48N2O3. The van der Waals surface area contributed by atoms with E-state index >= 15 is 0 Å². The van der Waals surface area contributed by atoms with Gasteiger partial charge in [0, 0.05) is 16.7 Å². The summed E-state index contributed by atoms with van der Waals surface area (Å²) in [5.41, 5.74) is 2.60. The van der Waals surface area contributed by atoms with Gasteiger partial charge in [-0.2, -0.15) is 0 Å². The molecule has 0 aromatic heterocycles. The van der Waals surface area contributed by atoms with Crippen LogP contribution in [0.2, 0.25) is 0 Å². The van der Waals surface area contributed by atoms with Gasteiger partial charge >= 0.3 is 0 Å². The minimum absolute atomic E-state index is 0.0266. The predicted molar refractivity (Wildman–Crippen MR) is 162 cm³/mol. The lowest BCUT2D eigenvalue weighted by molar-refractivity contribution is -0.119. The quantitative estimate of drug-likeness (QED) is 0.363. The largest absolute Gasteiger partial charge is 0.393 e. The number of benzene rings is 2.